The van der Waals surface area contributed by atoms with Crippen LogP contribution in [0.1, 0.15) is 0 Å². The summed E-state index contributed by atoms with van der Waals surface area (Å²) in [6.45, 7) is 0. The molecule has 0 aliphatic rings. The molecular formula is Cl4PtRe. The smallest absolute Gasteiger partial charge is 0 e. The molecular weight excluding hydrogens is 523 g/mol. The van der Waals surface area contributed by atoms with Crippen molar-refractivity contribution in [2.75, 3.05) is 0 Å². The average Bonchev–Trinajstić information content (AvgIpc) is 0.722. The summed E-state index contributed by atoms with van der Waals surface area (Å²) in [5.74, 6) is 0. The van der Waals surface area contributed by atoms with Crippen LogP contribution in [-0.2, 0) is 32.5 Å². The van der Waals surface area contributed by atoms with Crippen LogP contribution in [0.25, 0.3) is 0 Å². The normalized spacial score (nSPS) is 12.7. The molecule has 0 bridgehead atoms. The maximum atomic E-state index is 5.03. The molecule has 0 spiro atoms. The van der Waals surface area contributed by atoms with Gasteiger partial charge in [-0.2, -0.15) is 0 Å². The van der Waals surface area contributed by atoms with Crippen LogP contribution in [0.3, 0.4) is 0 Å². The first-order valence-electron chi connectivity index (χ1n) is 0.571. The first-order valence-corrected chi connectivity index (χ1v) is 14.0. The fraction of sp³-hybridized carbons (Fsp3) is 0. The zero-order chi connectivity index (χ0) is 4.50. The van der Waals surface area contributed by atoms with Gasteiger partial charge in [0.15, 0.2) is 0 Å². The number of rotatable bonds is 0. The van der Waals surface area contributed by atoms with Gasteiger partial charge < -0.3 is 0 Å². The zero-order valence-corrected chi connectivity index (χ0v) is 10.2. The van der Waals surface area contributed by atoms with Crippen molar-refractivity contribution in [3.8, 4) is 0 Å². The third-order valence-electron chi connectivity index (χ3n) is 0. The SMILES string of the molecule is [Cl][Re]([Cl])([Cl])[Cl].[Pt]. The van der Waals surface area contributed by atoms with Crippen LogP contribution in [-0.4, -0.2) is 0 Å². The topological polar surface area (TPSA) is 0 Å². The van der Waals surface area contributed by atoms with Gasteiger partial charge in [0.05, 0.1) is 0 Å². The first kappa shape index (κ1) is 11.3. The summed E-state index contributed by atoms with van der Waals surface area (Å²) in [5, 5.41) is 0. The molecule has 6 heteroatoms. The maximum Gasteiger partial charge on any atom is 0 e. The Balaban J connectivity index is 0. The molecule has 0 radical (unpaired) electrons. The first-order chi connectivity index (χ1) is 2.00. The minimum Gasteiger partial charge on any atom is 0 e. The van der Waals surface area contributed by atoms with Gasteiger partial charge in [-0.3, -0.25) is 0 Å². The molecule has 0 aromatic heterocycles. The minimum absolute atomic E-state index is 0. The van der Waals surface area contributed by atoms with Crippen LogP contribution in [0, 0.1) is 0 Å². The Kier molecular flexibility index (Phi) is 8.30. The number of hydrogen-bond acceptors (Lipinski definition) is 0. The van der Waals surface area contributed by atoms with E-state index in [1.807, 2.05) is 0 Å². The van der Waals surface area contributed by atoms with Crippen LogP contribution in [0.4, 0.5) is 0 Å². The summed E-state index contributed by atoms with van der Waals surface area (Å²) < 4.78 is 0. The molecule has 0 rings (SSSR count). The van der Waals surface area contributed by atoms with Crippen molar-refractivity contribution in [3.63, 3.8) is 0 Å². The molecule has 0 aliphatic heterocycles. The van der Waals surface area contributed by atoms with E-state index in [2.05, 4.69) is 0 Å². The third kappa shape index (κ3) is 31.4. The fourth-order valence-electron chi connectivity index (χ4n) is 0. The number of halogens is 4. The molecule has 6 heavy (non-hydrogen) atoms. The molecule has 0 amide bonds. The average molecular weight is 523 g/mol. The van der Waals surface area contributed by atoms with E-state index >= 15 is 0 Å². The minimum atomic E-state index is -3.22. The monoisotopic (exact) mass is 522 g/mol. The van der Waals surface area contributed by atoms with Crippen molar-refractivity contribution >= 4 is 38.1 Å². The fourth-order valence-corrected chi connectivity index (χ4v) is 0. The Morgan fingerprint density at radius 1 is 0.833 bits per heavy atom. The largest absolute Gasteiger partial charge is 0 e. The predicted molar refractivity (Wildman–Crippen MR) is 23.4 cm³/mol. The van der Waals surface area contributed by atoms with Gasteiger partial charge in [-0.15, -0.1) is 0 Å². The van der Waals surface area contributed by atoms with Crippen LogP contribution in [0.5, 0.6) is 0 Å². The van der Waals surface area contributed by atoms with Gasteiger partial charge >= 0.3 is 49.6 Å². The quantitative estimate of drug-likeness (QED) is 0.459. The molecule has 0 aliphatic carbocycles. The Bertz CT molecular complexity index is 23.0. The summed E-state index contributed by atoms with van der Waals surface area (Å²) in [4.78, 5) is 0. The number of hydrogen-bond donors (Lipinski definition) is 0. The van der Waals surface area contributed by atoms with E-state index in [4.69, 9.17) is 38.1 Å². The van der Waals surface area contributed by atoms with E-state index in [9.17, 15) is 0 Å². The Morgan fingerprint density at radius 3 is 0.833 bits per heavy atom. The molecule has 0 aromatic carbocycles. The standard InChI is InChI=1S/4ClH.Pt.Re/h4*1H;;/q;;;;;+4/p-4. The van der Waals surface area contributed by atoms with Gasteiger partial charge in [0, 0.05) is 21.1 Å². The molecule has 0 nitrogen and oxygen atoms in total. The van der Waals surface area contributed by atoms with Gasteiger partial charge in [0.1, 0.15) is 0 Å². The molecule has 0 saturated heterocycles. The van der Waals surface area contributed by atoms with Crippen LogP contribution in [0.2, 0.25) is 0 Å². The molecule has 45 valence electrons. The maximum absolute atomic E-state index is 5.03. The van der Waals surface area contributed by atoms with E-state index in [0.29, 0.717) is 0 Å². The Hall–Kier alpha value is 2.51. The van der Waals surface area contributed by atoms with Crippen molar-refractivity contribution in [2.45, 2.75) is 0 Å². The molecule has 0 N–H and O–H groups in total. The van der Waals surface area contributed by atoms with Crippen molar-refractivity contribution in [2.24, 2.45) is 0 Å². The van der Waals surface area contributed by atoms with Gasteiger partial charge in [-0.25, -0.2) is 0 Å². The summed E-state index contributed by atoms with van der Waals surface area (Å²) in [7, 11) is 20.1. The Morgan fingerprint density at radius 2 is 0.833 bits per heavy atom. The summed E-state index contributed by atoms with van der Waals surface area (Å²) in [6.07, 6.45) is 0. The van der Waals surface area contributed by atoms with Crippen molar-refractivity contribution < 1.29 is 32.5 Å². The summed E-state index contributed by atoms with van der Waals surface area (Å²) in [5.41, 5.74) is 0. The molecule has 0 saturated carbocycles. The van der Waals surface area contributed by atoms with Gasteiger partial charge in [-0.1, -0.05) is 0 Å². The van der Waals surface area contributed by atoms with Crippen molar-refractivity contribution in [3.05, 3.63) is 0 Å². The zero-order valence-electron chi connectivity index (χ0n) is 2.21. The second kappa shape index (κ2) is 4.40. The molecule has 0 aromatic rings. The van der Waals surface area contributed by atoms with E-state index in [-0.39, 0.29) is 21.1 Å². The summed E-state index contributed by atoms with van der Waals surface area (Å²) >= 11 is -3.22. The van der Waals surface area contributed by atoms with Gasteiger partial charge in [0.2, 0.25) is 0 Å². The third-order valence-corrected chi connectivity index (χ3v) is 0. The van der Waals surface area contributed by atoms with Crippen molar-refractivity contribution in [1.29, 1.82) is 0 Å². The van der Waals surface area contributed by atoms with Gasteiger partial charge in [0.25, 0.3) is 0 Å². The van der Waals surface area contributed by atoms with E-state index < -0.39 is 11.5 Å². The molecule has 0 atom stereocenters. The predicted octanol–water partition coefficient (Wildman–Crippen LogP) is 2.75. The van der Waals surface area contributed by atoms with E-state index in [1.54, 1.807) is 0 Å². The molecule has 0 heterocycles. The second-order valence-corrected chi connectivity index (χ2v) is 23.9. The summed E-state index contributed by atoms with van der Waals surface area (Å²) in [6, 6.07) is 0. The molecule has 0 unspecified atom stereocenters. The molecule has 0 fully saturated rings. The van der Waals surface area contributed by atoms with Crippen LogP contribution >= 0.6 is 38.1 Å². The van der Waals surface area contributed by atoms with E-state index in [1.165, 1.54) is 0 Å². The van der Waals surface area contributed by atoms with Crippen LogP contribution < -0.4 is 0 Å². The van der Waals surface area contributed by atoms with Crippen molar-refractivity contribution in [1.82, 2.24) is 0 Å². The second-order valence-electron chi connectivity index (χ2n) is 0.324. The Labute approximate surface area is 69.7 Å². The van der Waals surface area contributed by atoms with Gasteiger partial charge in [-0.05, 0) is 0 Å². The van der Waals surface area contributed by atoms with Crippen LogP contribution in [0.15, 0.2) is 0 Å². The van der Waals surface area contributed by atoms with E-state index in [0.717, 1.165) is 0 Å².